The van der Waals surface area contributed by atoms with E-state index in [1.54, 1.807) is 18.2 Å². The van der Waals surface area contributed by atoms with Crippen molar-refractivity contribution in [3.8, 4) is 5.75 Å². The molecular weight excluding hydrogens is 286 g/mol. The molecule has 0 unspecified atom stereocenters. The van der Waals surface area contributed by atoms with E-state index in [-0.39, 0.29) is 0 Å². The standard InChI is InChI=1S/C16H17NO3S/c1-21(18,19)16-5-3-2-4-14(16)17-11-12-6-7-15-13(10-12)8-9-20-15/h2-7,10,17H,8-9,11H2,1H3. The zero-order valence-electron chi connectivity index (χ0n) is 11.8. The summed E-state index contributed by atoms with van der Waals surface area (Å²) in [6, 6.07) is 13.0. The zero-order valence-corrected chi connectivity index (χ0v) is 12.6. The van der Waals surface area contributed by atoms with Gasteiger partial charge in [-0.05, 0) is 29.3 Å². The fourth-order valence-electron chi connectivity index (χ4n) is 2.48. The van der Waals surface area contributed by atoms with Crippen molar-refractivity contribution in [3.05, 3.63) is 53.6 Å². The summed E-state index contributed by atoms with van der Waals surface area (Å²) in [6.07, 6.45) is 2.16. The van der Waals surface area contributed by atoms with Crippen LogP contribution in [0.25, 0.3) is 0 Å². The number of rotatable bonds is 4. The molecule has 2 aromatic carbocycles. The highest BCUT2D eigenvalue weighted by Crippen LogP contribution is 2.27. The Morgan fingerprint density at radius 3 is 2.81 bits per heavy atom. The number of hydrogen-bond donors (Lipinski definition) is 1. The number of fused-ring (bicyclic) bond motifs is 1. The molecule has 0 saturated carbocycles. The molecule has 4 nitrogen and oxygen atoms in total. The fraction of sp³-hybridized carbons (Fsp3) is 0.250. The molecule has 1 aliphatic rings. The van der Waals surface area contributed by atoms with E-state index in [1.807, 2.05) is 18.2 Å². The molecule has 21 heavy (non-hydrogen) atoms. The molecule has 0 radical (unpaired) electrons. The molecule has 2 aromatic rings. The quantitative estimate of drug-likeness (QED) is 0.943. The van der Waals surface area contributed by atoms with E-state index >= 15 is 0 Å². The summed E-state index contributed by atoms with van der Waals surface area (Å²) < 4.78 is 29.0. The molecule has 0 bridgehead atoms. The molecular formula is C16H17NO3S. The van der Waals surface area contributed by atoms with Crippen molar-refractivity contribution in [2.24, 2.45) is 0 Å². The Morgan fingerprint density at radius 2 is 2.00 bits per heavy atom. The van der Waals surface area contributed by atoms with Crippen LogP contribution in [0.2, 0.25) is 0 Å². The maximum absolute atomic E-state index is 11.8. The Morgan fingerprint density at radius 1 is 1.19 bits per heavy atom. The lowest BCUT2D eigenvalue weighted by Gasteiger charge is -2.11. The Kier molecular flexibility index (Phi) is 3.59. The highest BCUT2D eigenvalue weighted by molar-refractivity contribution is 7.90. The van der Waals surface area contributed by atoms with Gasteiger partial charge in [0.15, 0.2) is 9.84 Å². The van der Waals surface area contributed by atoms with Crippen LogP contribution in [0.4, 0.5) is 5.69 Å². The average molecular weight is 303 g/mol. The first-order chi connectivity index (χ1) is 10.0. The summed E-state index contributed by atoms with van der Waals surface area (Å²) in [6.45, 7) is 1.32. The minimum absolute atomic E-state index is 0.328. The monoisotopic (exact) mass is 303 g/mol. The van der Waals surface area contributed by atoms with Crippen molar-refractivity contribution < 1.29 is 13.2 Å². The summed E-state index contributed by atoms with van der Waals surface area (Å²) in [5.41, 5.74) is 2.96. The average Bonchev–Trinajstić information content (AvgIpc) is 2.92. The Hall–Kier alpha value is -2.01. The van der Waals surface area contributed by atoms with E-state index < -0.39 is 9.84 Å². The maximum Gasteiger partial charge on any atom is 0.177 e. The number of nitrogens with one attached hydrogen (secondary N) is 1. The Bertz CT molecular complexity index is 769. The molecule has 0 fully saturated rings. The molecule has 0 aromatic heterocycles. The van der Waals surface area contributed by atoms with Gasteiger partial charge < -0.3 is 10.1 Å². The molecule has 5 heteroatoms. The van der Waals surface area contributed by atoms with Crippen LogP contribution in [0.3, 0.4) is 0 Å². The molecule has 3 rings (SSSR count). The Labute approximate surface area is 124 Å². The maximum atomic E-state index is 11.8. The molecule has 110 valence electrons. The van der Waals surface area contributed by atoms with Gasteiger partial charge in [0, 0.05) is 19.2 Å². The lowest BCUT2D eigenvalue weighted by atomic mass is 10.1. The van der Waals surface area contributed by atoms with Gasteiger partial charge in [-0.1, -0.05) is 24.3 Å². The van der Waals surface area contributed by atoms with Crippen LogP contribution < -0.4 is 10.1 Å². The first-order valence-electron chi connectivity index (χ1n) is 6.81. The van der Waals surface area contributed by atoms with Crippen molar-refractivity contribution in [2.75, 3.05) is 18.2 Å². The molecule has 1 N–H and O–H groups in total. The molecule has 0 spiro atoms. The number of benzene rings is 2. The number of hydrogen-bond acceptors (Lipinski definition) is 4. The topological polar surface area (TPSA) is 55.4 Å². The number of sulfone groups is 1. The molecule has 1 aliphatic heterocycles. The lowest BCUT2D eigenvalue weighted by molar-refractivity contribution is 0.357. The van der Waals surface area contributed by atoms with Gasteiger partial charge in [0.05, 0.1) is 17.2 Å². The molecule has 0 saturated heterocycles. The van der Waals surface area contributed by atoms with E-state index in [1.165, 1.54) is 11.8 Å². The minimum Gasteiger partial charge on any atom is -0.493 e. The van der Waals surface area contributed by atoms with Crippen molar-refractivity contribution in [3.63, 3.8) is 0 Å². The van der Waals surface area contributed by atoms with Crippen LogP contribution in [0, 0.1) is 0 Å². The molecule has 0 aliphatic carbocycles. The van der Waals surface area contributed by atoms with E-state index in [0.717, 1.165) is 24.3 Å². The summed E-state index contributed by atoms with van der Waals surface area (Å²) in [7, 11) is -3.23. The van der Waals surface area contributed by atoms with Gasteiger partial charge in [0.25, 0.3) is 0 Å². The van der Waals surface area contributed by atoms with Gasteiger partial charge >= 0.3 is 0 Å². The van der Waals surface area contributed by atoms with Crippen LogP contribution >= 0.6 is 0 Å². The predicted octanol–water partition coefficient (Wildman–Crippen LogP) is 2.64. The van der Waals surface area contributed by atoms with E-state index in [4.69, 9.17) is 4.74 Å². The summed E-state index contributed by atoms with van der Waals surface area (Å²) in [5, 5.41) is 3.21. The minimum atomic E-state index is -3.23. The third-order valence-electron chi connectivity index (χ3n) is 3.52. The third kappa shape index (κ3) is 3.03. The highest BCUT2D eigenvalue weighted by atomic mass is 32.2. The first-order valence-corrected chi connectivity index (χ1v) is 8.71. The van der Waals surface area contributed by atoms with Gasteiger partial charge in [-0.15, -0.1) is 0 Å². The van der Waals surface area contributed by atoms with Gasteiger partial charge in [-0.25, -0.2) is 8.42 Å². The largest absolute Gasteiger partial charge is 0.493 e. The predicted molar refractivity (Wildman–Crippen MR) is 82.5 cm³/mol. The van der Waals surface area contributed by atoms with Crippen molar-refractivity contribution in [2.45, 2.75) is 17.9 Å². The van der Waals surface area contributed by atoms with Crippen molar-refractivity contribution in [1.29, 1.82) is 0 Å². The highest BCUT2D eigenvalue weighted by Gasteiger charge is 2.14. The SMILES string of the molecule is CS(=O)(=O)c1ccccc1NCc1ccc2c(c1)CCO2. The zero-order chi connectivity index (χ0) is 14.9. The molecule has 0 atom stereocenters. The summed E-state index contributed by atoms with van der Waals surface area (Å²) >= 11 is 0. The van der Waals surface area contributed by atoms with E-state index in [0.29, 0.717) is 17.1 Å². The van der Waals surface area contributed by atoms with Crippen LogP contribution in [0.5, 0.6) is 5.75 Å². The second-order valence-corrected chi connectivity index (χ2v) is 7.15. The van der Waals surface area contributed by atoms with Gasteiger partial charge in [0.2, 0.25) is 0 Å². The van der Waals surface area contributed by atoms with Crippen LogP contribution in [-0.2, 0) is 22.8 Å². The fourth-order valence-corrected chi connectivity index (χ4v) is 3.35. The van der Waals surface area contributed by atoms with E-state index in [9.17, 15) is 8.42 Å². The number of ether oxygens (including phenoxy) is 1. The third-order valence-corrected chi connectivity index (χ3v) is 4.68. The van der Waals surface area contributed by atoms with Crippen molar-refractivity contribution in [1.82, 2.24) is 0 Å². The van der Waals surface area contributed by atoms with Crippen LogP contribution in [0.1, 0.15) is 11.1 Å². The van der Waals surface area contributed by atoms with Gasteiger partial charge in [-0.2, -0.15) is 0 Å². The van der Waals surface area contributed by atoms with Gasteiger partial charge in [0.1, 0.15) is 5.75 Å². The normalized spacial score (nSPS) is 13.6. The van der Waals surface area contributed by atoms with Crippen molar-refractivity contribution >= 4 is 15.5 Å². The Balaban J connectivity index is 1.80. The van der Waals surface area contributed by atoms with E-state index in [2.05, 4.69) is 11.4 Å². The molecule has 1 heterocycles. The van der Waals surface area contributed by atoms with Crippen LogP contribution in [0.15, 0.2) is 47.4 Å². The summed E-state index contributed by atoms with van der Waals surface area (Å²) in [4.78, 5) is 0.328. The second kappa shape index (κ2) is 5.41. The number of anilines is 1. The second-order valence-electron chi connectivity index (χ2n) is 5.16. The number of para-hydroxylation sites is 1. The lowest BCUT2D eigenvalue weighted by Crippen LogP contribution is -2.06. The first kappa shape index (κ1) is 13.9. The summed E-state index contributed by atoms with van der Waals surface area (Å²) in [5.74, 6) is 0.954. The smallest absolute Gasteiger partial charge is 0.177 e. The molecule has 0 amide bonds. The van der Waals surface area contributed by atoms with Crippen LogP contribution in [-0.4, -0.2) is 21.3 Å². The van der Waals surface area contributed by atoms with Gasteiger partial charge in [-0.3, -0.25) is 0 Å².